The number of piperazine rings is 1. The molecule has 0 unspecified atom stereocenters. The fourth-order valence-electron chi connectivity index (χ4n) is 4.68. The molecule has 3 heterocycles. The van der Waals surface area contributed by atoms with E-state index >= 15 is 0 Å². The molecule has 194 valence electrons. The van der Waals surface area contributed by atoms with E-state index in [-0.39, 0.29) is 11.9 Å². The van der Waals surface area contributed by atoms with Crippen LogP contribution in [0.5, 0.6) is 5.75 Å². The van der Waals surface area contributed by atoms with Gasteiger partial charge in [-0.2, -0.15) is 4.98 Å². The maximum absolute atomic E-state index is 11.7. The number of aromatic nitrogens is 3. The molecule has 1 amide bonds. The van der Waals surface area contributed by atoms with Crippen molar-refractivity contribution in [3.05, 3.63) is 41.6 Å². The maximum atomic E-state index is 11.7. The summed E-state index contributed by atoms with van der Waals surface area (Å²) in [4.78, 5) is 24.6. The van der Waals surface area contributed by atoms with Crippen LogP contribution in [0.3, 0.4) is 0 Å². The number of ether oxygens (including phenoxy) is 1. The summed E-state index contributed by atoms with van der Waals surface area (Å²) in [6, 6.07) is 8.29. The number of amides is 1. The Balaban J connectivity index is 1.48. The molecule has 1 fully saturated rings. The van der Waals surface area contributed by atoms with Gasteiger partial charge in [-0.1, -0.05) is 31.9 Å². The lowest BCUT2D eigenvalue weighted by molar-refractivity contribution is -0.135. The van der Waals surface area contributed by atoms with Crippen molar-refractivity contribution >= 4 is 28.7 Å². The number of carbonyl (C=O) groups is 1. The van der Waals surface area contributed by atoms with E-state index in [1.165, 1.54) is 0 Å². The molecule has 10 heteroatoms. The number of nitrogens with zero attached hydrogens (tertiary/aromatic N) is 5. The molecule has 0 bridgehead atoms. The first-order valence-corrected chi connectivity index (χ1v) is 12.6. The van der Waals surface area contributed by atoms with Gasteiger partial charge in [-0.3, -0.25) is 9.69 Å². The van der Waals surface area contributed by atoms with Gasteiger partial charge in [0.2, 0.25) is 11.9 Å². The fraction of sp³-hybridized carbons (Fsp3) is 0.500. The molecule has 36 heavy (non-hydrogen) atoms. The van der Waals surface area contributed by atoms with Crippen LogP contribution < -0.4 is 15.8 Å². The summed E-state index contributed by atoms with van der Waals surface area (Å²) in [5.41, 5.74) is 9.92. The van der Waals surface area contributed by atoms with E-state index in [4.69, 9.17) is 15.6 Å². The Labute approximate surface area is 212 Å². The molecule has 1 aliphatic heterocycles. The van der Waals surface area contributed by atoms with E-state index < -0.39 is 6.61 Å². The third-order valence-corrected chi connectivity index (χ3v) is 6.66. The van der Waals surface area contributed by atoms with Gasteiger partial charge in [-0.05, 0) is 24.1 Å². The van der Waals surface area contributed by atoms with Crippen molar-refractivity contribution in [2.75, 3.05) is 57.5 Å². The minimum Gasteiger partial charge on any atom is -0.496 e. The highest BCUT2D eigenvalue weighted by molar-refractivity contribution is 5.87. The number of aliphatic hydroxyl groups excluding tert-OH is 1. The molecule has 1 aromatic carbocycles. The van der Waals surface area contributed by atoms with Crippen molar-refractivity contribution in [3.63, 3.8) is 0 Å². The quantitative estimate of drug-likeness (QED) is 0.347. The van der Waals surface area contributed by atoms with Gasteiger partial charge >= 0.3 is 0 Å². The van der Waals surface area contributed by atoms with E-state index in [0.29, 0.717) is 19.6 Å². The van der Waals surface area contributed by atoms with Crippen molar-refractivity contribution < 1.29 is 14.6 Å². The Morgan fingerprint density at radius 3 is 2.67 bits per heavy atom. The number of anilines is 2. The lowest BCUT2D eigenvalue weighted by Gasteiger charge is -2.34. The first-order chi connectivity index (χ1) is 17.5. The summed E-state index contributed by atoms with van der Waals surface area (Å²) in [6.45, 7) is 6.83. The normalized spacial score (nSPS) is 14.4. The second-order valence-corrected chi connectivity index (χ2v) is 9.20. The summed E-state index contributed by atoms with van der Waals surface area (Å²) in [5, 5.41) is 12.5. The van der Waals surface area contributed by atoms with Crippen LogP contribution in [0.4, 0.5) is 11.8 Å². The van der Waals surface area contributed by atoms with E-state index in [0.717, 1.165) is 79.2 Å². The van der Waals surface area contributed by atoms with E-state index in [1.54, 1.807) is 12.0 Å². The third kappa shape index (κ3) is 6.06. The second-order valence-electron chi connectivity index (χ2n) is 9.20. The molecule has 2 aromatic heterocycles. The summed E-state index contributed by atoms with van der Waals surface area (Å²) in [5.74, 6) is 1.65. The molecule has 0 spiro atoms. The fourth-order valence-corrected chi connectivity index (χ4v) is 4.68. The first-order valence-electron chi connectivity index (χ1n) is 12.6. The zero-order chi connectivity index (χ0) is 25.5. The van der Waals surface area contributed by atoms with Gasteiger partial charge in [-0.15, -0.1) is 0 Å². The smallest absolute Gasteiger partial charge is 0.248 e. The molecule has 0 aliphatic carbocycles. The summed E-state index contributed by atoms with van der Waals surface area (Å²) >= 11 is 0. The monoisotopic (exact) mass is 495 g/mol. The van der Waals surface area contributed by atoms with Crippen molar-refractivity contribution in [2.45, 2.75) is 39.3 Å². The number of nitrogen functional groups attached to an aromatic ring is 1. The number of nitrogens with one attached hydrogen (secondary N) is 1. The molecule has 1 aliphatic rings. The van der Waals surface area contributed by atoms with Gasteiger partial charge in [0.25, 0.3) is 0 Å². The maximum Gasteiger partial charge on any atom is 0.248 e. The summed E-state index contributed by atoms with van der Waals surface area (Å²) < 4.78 is 7.89. The molecular weight excluding hydrogens is 458 g/mol. The molecule has 0 radical (unpaired) electrons. The number of nitrogens with two attached hydrogens (primary N) is 1. The van der Waals surface area contributed by atoms with Crippen molar-refractivity contribution in [2.24, 2.45) is 0 Å². The average molecular weight is 496 g/mol. The van der Waals surface area contributed by atoms with Gasteiger partial charge in [0, 0.05) is 51.0 Å². The van der Waals surface area contributed by atoms with Crippen LogP contribution in [0.1, 0.15) is 37.3 Å². The SMILES string of the molecule is CCCCCNc1nc(N)nc2ccn(Cc3ccc(CN4CCN(C(=O)CO)CC4)cc3OC)c12. The number of unbranched alkanes of at least 4 members (excludes halogenated alkanes) is 2. The molecule has 4 N–H and O–H groups in total. The summed E-state index contributed by atoms with van der Waals surface area (Å²) in [6.07, 6.45) is 5.41. The highest BCUT2D eigenvalue weighted by atomic mass is 16.5. The van der Waals surface area contributed by atoms with Crippen LogP contribution in [-0.4, -0.2) is 81.8 Å². The van der Waals surface area contributed by atoms with Crippen LogP contribution in [0.15, 0.2) is 30.5 Å². The number of rotatable bonds is 11. The number of methoxy groups -OCH3 is 1. The number of aliphatic hydroxyl groups is 1. The number of hydrogen-bond donors (Lipinski definition) is 3. The topological polar surface area (TPSA) is 122 Å². The van der Waals surface area contributed by atoms with Gasteiger partial charge in [0.15, 0.2) is 5.82 Å². The van der Waals surface area contributed by atoms with Crippen LogP contribution in [-0.2, 0) is 17.9 Å². The predicted octanol–water partition coefficient (Wildman–Crippen LogP) is 2.31. The van der Waals surface area contributed by atoms with Crippen LogP contribution in [0.2, 0.25) is 0 Å². The Hall–Kier alpha value is -3.37. The first kappa shape index (κ1) is 25.7. The lowest BCUT2D eigenvalue weighted by Crippen LogP contribution is -2.49. The Kier molecular flexibility index (Phi) is 8.61. The van der Waals surface area contributed by atoms with Gasteiger partial charge in [-0.25, -0.2) is 4.98 Å². The Morgan fingerprint density at radius 1 is 1.14 bits per heavy atom. The number of hydrogen-bond acceptors (Lipinski definition) is 8. The lowest BCUT2D eigenvalue weighted by atomic mass is 10.1. The molecule has 4 rings (SSSR count). The standard InChI is InChI=1S/C26H37N7O3/c1-3-4-5-9-28-25-24-21(29-26(27)30-25)8-10-33(24)17-20-7-6-19(15-22(20)36-2)16-31-11-13-32(14-12-31)23(35)18-34/h6-8,10,15,34H,3-5,9,11-14,16-18H2,1-2H3,(H3,27,28,29,30). The Morgan fingerprint density at radius 2 is 1.94 bits per heavy atom. The molecule has 1 saturated heterocycles. The zero-order valence-corrected chi connectivity index (χ0v) is 21.2. The van der Waals surface area contributed by atoms with Gasteiger partial charge in [0.05, 0.1) is 19.2 Å². The van der Waals surface area contributed by atoms with Gasteiger partial charge < -0.3 is 30.4 Å². The third-order valence-electron chi connectivity index (χ3n) is 6.66. The second kappa shape index (κ2) is 12.0. The largest absolute Gasteiger partial charge is 0.496 e. The molecule has 3 aromatic rings. The van der Waals surface area contributed by atoms with Crippen LogP contribution in [0.25, 0.3) is 11.0 Å². The van der Waals surface area contributed by atoms with Crippen LogP contribution >= 0.6 is 0 Å². The Bertz CT molecular complexity index is 1170. The van der Waals surface area contributed by atoms with E-state index in [1.807, 2.05) is 12.3 Å². The van der Waals surface area contributed by atoms with E-state index in [2.05, 4.69) is 49.9 Å². The number of benzene rings is 1. The van der Waals surface area contributed by atoms with Crippen molar-refractivity contribution in [1.82, 2.24) is 24.3 Å². The average Bonchev–Trinajstić information content (AvgIpc) is 3.29. The zero-order valence-electron chi connectivity index (χ0n) is 21.2. The molecular formula is C26H37N7O3. The predicted molar refractivity (Wildman–Crippen MR) is 141 cm³/mol. The van der Waals surface area contributed by atoms with Crippen LogP contribution in [0, 0.1) is 0 Å². The van der Waals surface area contributed by atoms with Crippen molar-refractivity contribution in [1.29, 1.82) is 0 Å². The molecule has 10 nitrogen and oxygen atoms in total. The highest BCUT2D eigenvalue weighted by Crippen LogP contribution is 2.27. The number of fused-ring (bicyclic) bond motifs is 1. The summed E-state index contributed by atoms with van der Waals surface area (Å²) in [7, 11) is 1.69. The minimum absolute atomic E-state index is 0.203. The van der Waals surface area contributed by atoms with E-state index in [9.17, 15) is 4.79 Å². The molecule has 0 saturated carbocycles. The van der Waals surface area contributed by atoms with Crippen molar-refractivity contribution in [3.8, 4) is 5.75 Å². The highest BCUT2D eigenvalue weighted by Gasteiger charge is 2.21. The van der Waals surface area contributed by atoms with Gasteiger partial charge in [0.1, 0.15) is 17.9 Å². The number of carbonyl (C=O) groups excluding carboxylic acids is 1. The minimum atomic E-state index is -0.425. The molecule has 0 atom stereocenters.